The number of hydrogen-bond acceptors (Lipinski definition) is 19. The summed E-state index contributed by atoms with van der Waals surface area (Å²) in [6, 6.07) is 13.1. The molecule has 0 aromatic carbocycles. The minimum Gasteiger partial charge on any atom is -0.397 e. The minimum atomic E-state index is -1.05. The van der Waals surface area contributed by atoms with Crippen LogP contribution in [-0.2, 0) is 20.4 Å². The summed E-state index contributed by atoms with van der Waals surface area (Å²) >= 11 is 28.2. The number of piperidine rings is 4. The van der Waals surface area contributed by atoms with Crippen LogP contribution in [0, 0.1) is 33.6 Å². The molecule has 4 saturated heterocycles. The third kappa shape index (κ3) is 25.7. The molecule has 0 saturated carbocycles. The number of aliphatic hydroxyl groups excluding tert-OH is 1. The molecule has 0 radical (unpaired) electrons. The quantitative estimate of drug-likeness (QED) is 0.0220. The molecule has 5 N–H and O–H groups in total. The van der Waals surface area contributed by atoms with Gasteiger partial charge >= 0.3 is 11.4 Å². The van der Waals surface area contributed by atoms with Gasteiger partial charge in [0, 0.05) is 103 Å². The predicted molar refractivity (Wildman–Crippen MR) is 311 cm³/mol. The van der Waals surface area contributed by atoms with Gasteiger partial charge in [0.25, 0.3) is 5.95 Å². The second-order valence-corrected chi connectivity index (χ2v) is 18.8. The fourth-order valence-corrected chi connectivity index (χ4v) is 8.38. The van der Waals surface area contributed by atoms with Crippen LogP contribution in [0.1, 0.15) is 84.0 Å². The summed E-state index contributed by atoms with van der Waals surface area (Å²) in [5.74, 6) is 1.84. The molecule has 0 amide bonds. The molecule has 0 unspecified atom stereocenters. The molecule has 79 heavy (non-hydrogen) atoms. The van der Waals surface area contributed by atoms with Crippen molar-refractivity contribution in [2.45, 2.75) is 84.0 Å². The van der Waals surface area contributed by atoms with Crippen LogP contribution in [0.4, 0.5) is 50.4 Å². The molecule has 28 heteroatoms. The van der Waals surface area contributed by atoms with Crippen molar-refractivity contribution < 1.29 is 39.8 Å². The number of halogens is 6. The zero-order valence-corrected chi connectivity index (χ0v) is 49.3. The van der Waals surface area contributed by atoms with Crippen LogP contribution in [0.25, 0.3) is 0 Å². The maximum Gasteiger partial charge on any atom is 0.323 e. The van der Waals surface area contributed by atoms with Crippen LogP contribution in [0.5, 0.6) is 0 Å². The topological polar surface area (TPSA) is 269 Å². The summed E-state index contributed by atoms with van der Waals surface area (Å²) in [7, 11) is 0. The van der Waals surface area contributed by atoms with Gasteiger partial charge in [-0.2, -0.15) is 9.37 Å². The Hall–Kier alpha value is -5.48. The Labute approximate surface area is 499 Å². The van der Waals surface area contributed by atoms with Crippen molar-refractivity contribution in [3.63, 3.8) is 0 Å². The van der Waals surface area contributed by atoms with Gasteiger partial charge in [0.05, 0.1) is 38.6 Å². The van der Waals surface area contributed by atoms with Gasteiger partial charge in [-0.05, 0) is 150 Å². The summed E-state index contributed by atoms with van der Waals surface area (Å²) in [6.07, 6.45) is 24.3. The van der Waals surface area contributed by atoms with Crippen molar-refractivity contribution in [2.75, 3.05) is 84.7 Å². The van der Waals surface area contributed by atoms with E-state index in [4.69, 9.17) is 68.8 Å². The van der Waals surface area contributed by atoms with E-state index in [1.807, 2.05) is 29.2 Å². The van der Waals surface area contributed by atoms with Crippen LogP contribution in [0.15, 0.2) is 85.7 Å². The summed E-state index contributed by atoms with van der Waals surface area (Å²) in [5, 5.41) is 36.0. The molecule has 434 valence electrons. The van der Waals surface area contributed by atoms with Crippen molar-refractivity contribution in [3.8, 4) is 0 Å². The number of nitrogens with two attached hydrogens (primary N) is 1. The summed E-state index contributed by atoms with van der Waals surface area (Å²) < 4.78 is 12.3. The summed E-state index contributed by atoms with van der Waals surface area (Å²) in [4.78, 5) is 57.2. The maximum absolute atomic E-state index is 12.3. The smallest absolute Gasteiger partial charge is 0.323 e. The number of nitrogens with zero attached hydrogens (tertiary/aromatic N) is 13. The first kappa shape index (κ1) is 69.6. The van der Waals surface area contributed by atoms with Crippen molar-refractivity contribution in [1.29, 1.82) is 0 Å². The maximum atomic E-state index is 12.3. The van der Waals surface area contributed by atoms with Crippen LogP contribution >= 0.6 is 58.0 Å². The molecule has 6 aromatic heterocycles. The average Bonchev–Trinajstić information content (AvgIpc) is 3.46. The molecule has 4 aliphatic rings. The van der Waals surface area contributed by atoms with Crippen molar-refractivity contribution >= 4 is 104 Å². The van der Waals surface area contributed by atoms with Crippen molar-refractivity contribution in [1.82, 2.24) is 45.2 Å². The number of nitrogen functional groups attached to an aromatic ring is 1. The van der Waals surface area contributed by atoms with E-state index in [9.17, 15) is 24.6 Å². The Morgan fingerprint density at radius 3 is 1.47 bits per heavy atom. The predicted octanol–water partition coefficient (Wildman–Crippen LogP) is 12.3. The zero-order chi connectivity index (χ0) is 55.8. The van der Waals surface area contributed by atoms with Gasteiger partial charge < -0.3 is 43.6 Å². The molecule has 4 aliphatic heterocycles. The van der Waals surface area contributed by atoms with E-state index in [2.05, 4.69) is 60.3 Å². The van der Waals surface area contributed by atoms with E-state index in [-0.39, 0.29) is 60.8 Å². The molecule has 21 nitrogen and oxygen atoms in total. The molecular formula is C51H67Cl5FN16O5Pd-. The largest absolute Gasteiger partial charge is 0.397 e. The Morgan fingerprint density at radius 2 is 1.03 bits per heavy atom. The second-order valence-electron chi connectivity index (χ2n) is 17.0. The van der Waals surface area contributed by atoms with Gasteiger partial charge in [-0.1, -0.05) is 41.2 Å². The molecular weight excluding hydrogens is 1220 g/mol. The van der Waals surface area contributed by atoms with Crippen LogP contribution in [0.2, 0.25) is 25.8 Å². The first-order valence-electron chi connectivity index (χ1n) is 25.1. The fourth-order valence-electron chi connectivity index (χ4n) is 7.71. The number of nitro groups is 2. The van der Waals surface area contributed by atoms with Gasteiger partial charge in [0.1, 0.15) is 5.02 Å². The number of pyridine rings is 4. The normalized spacial score (nSPS) is 14.3. The summed E-state index contributed by atoms with van der Waals surface area (Å²) in [6.45, 7) is 10.4. The first-order chi connectivity index (χ1) is 37.2. The van der Waals surface area contributed by atoms with E-state index in [0.717, 1.165) is 87.4 Å². The van der Waals surface area contributed by atoms with Gasteiger partial charge in [-0.15, -0.1) is 0 Å². The molecule has 6 aromatic rings. The Balaban J connectivity index is 0.000000331. The monoisotopic (exact) mass is 1280 g/mol. The molecule has 4 fully saturated rings. The SMILES string of the molecule is C1CCNCC1.CCO.Clc1ncc(Cl)c(Cl)n1.Clc1ncc(Cl)c(Nc2cccnc2N2CCCCC2)n1.Nc1cccnc1N1CCCCC1.O=[N+]([O-])c1cccnc1F.O=[N+]([O-])c1cccnc1N1CCCCC1.[CH3-].[Pd]. The van der Waals surface area contributed by atoms with E-state index < -0.39 is 16.6 Å². The fraction of sp³-hybridized carbons (Fsp3) is 0.431. The number of anilines is 6. The zero-order valence-electron chi connectivity index (χ0n) is 44.0. The van der Waals surface area contributed by atoms with Crippen molar-refractivity contribution in [3.05, 3.63) is 145 Å². The Morgan fingerprint density at radius 1 is 0.608 bits per heavy atom. The molecule has 0 bridgehead atoms. The van der Waals surface area contributed by atoms with E-state index >= 15 is 0 Å². The van der Waals surface area contributed by atoms with Crippen LogP contribution < -0.4 is 31.1 Å². The average molecular weight is 1290 g/mol. The Bertz CT molecular complexity index is 2690. The third-order valence-electron chi connectivity index (χ3n) is 11.3. The standard InChI is InChI=1S/C14H15Cl2N5.C10H13N3O2.C10H15N3.C5H3FN2O2.C5H11N.C4HCl3N2.C2H6O.CH3.Pd/c15-10-9-18-14(16)20-12(10)19-11-5-4-6-17-13(11)21-7-2-1-3-8-21;14-13(15)9-5-4-6-11-10(9)12-7-2-1-3-8-12;11-9-5-4-6-12-10(9)13-7-2-1-3-8-13;6-5-4(8(9)10)2-1-3-7-5;1-2-4-6-5-3-1;5-2-1-8-4(7)9-3(2)6;1-2-3;;/h4-6,9H,1-3,7-8H2,(H,18,19,20);4-6H,1-3,7-8H2;4-6H,1-3,7-8,11H2;1-3H;6H,1-5H2;1H;3H,2H2,1H3;1H3;/q;;;;;;;-1;. The first-order valence-corrected chi connectivity index (χ1v) is 27.0. The van der Waals surface area contributed by atoms with E-state index in [0.29, 0.717) is 21.7 Å². The Kier molecular flexibility index (Phi) is 35.1. The van der Waals surface area contributed by atoms with Gasteiger partial charge in [0.2, 0.25) is 16.4 Å². The molecule has 0 aliphatic carbocycles. The van der Waals surface area contributed by atoms with Crippen LogP contribution in [-0.4, -0.2) is 114 Å². The molecule has 0 atom stereocenters. The van der Waals surface area contributed by atoms with E-state index in [1.165, 1.54) is 102 Å². The number of aliphatic hydroxyl groups is 1. The van der Waals surface area contributed by atoms with Crippen molar-refractivity contribution in [2.24, 2.45) is 0 Å². The number of hydrogen-bond donors (Lipinski definition) is 4. The van der Waals surface area contributed by atoms with E-state index in [1.54, 1.807) is 31.6 Å². The van der Waals surface area contributed by atoms with Crippen LogP contribution in [0.3, 0.4) is 0 Å². The third-order valence-corrected chi connectivity index (χ3v) is 12.6. The van der Waals surface area contributed by atoms with Gasteiger partial charge in [-0.3, -0.25) is 20.2 Å². The number of nitrogens with one attached hydrogen (secondary N) is 2. The van der Waals surface area contributed by atoms with Gasteiger partial charge in [0.15, 0.2) is 22.6 Å². The number of aromatic nitrogens is 8. The molecule has 0 spiro atoms. The molecule has 10 heterocycles. The molecule has 10 rings (SSSR count). The van der Waals surface area contributed by atoms with Gasteiger partial charge in [-0.25, -0.2) is 34.9 Å². The number of rotatable bonds is 7. The minimum absolute atomic E-state index is 0. The second kappa shape index (κ2) is 39.8. The summed E-state index contributed by atoms with van der Waals surface area (Å²) in [5.41, 5.74) is 7.03.